The summed E-state index contributed by atoms with van der Waals surface area (Å²) in [6, 6.07) is 2.17. The zero-order valence-corrected chi connectivity index (χ0v) is 9.75. The molecule has 1 aromatic rings. The van der Waals surface area contributed by atoms with Gasteiger partial charge in [0.1, 0.15) is 0 Å². The maximum Gasteiger partial charge on any atom is 0.0665 e. The quantitative estimate of drug-likeness (QED) is 0.440. The highest BCUT2D eigenvalue weighted by atomic mass is 15.3. The highest BCUT2D eigenvalue weighted by molar-refractivity contribution is 5.15. The van der Waals surface area contributed by atoms with Gasteiger partial charge in [0, 0.05) is 6.54 Å². The molecule has 0 amide bonds. The molecule has 1 unspecified atom stereocenters. The van der Waals surface area contributed by atoms with E-state index in [0.29, 0.717) is 0 Å². The van der Waals surface area contributed by atoms with E-state index in [0.717, 1.165) is 29.9 Å². The Kier molecular flexibility index (Phi) is 4.05. The average Bonchev–Trinajstić information content (AvgIpc) is 2.55. The van der Waals surface area contributed by atoms with Gasteiger partial charge in [-0.05, 0) is 33.3 Å². The number of nitrogens with two attached hydrogens (primary N) is 1. The standard InChI is InChI=1S/C11H20N4/c1-5-15-11(7-9(4)14-15)10(13-12)6-8(2)3/h7,10,13H,2,5-6,12H2,1,3-4H3. The van der Waals surface area contributed by atoms with Crippen LogP contribution >= 0.6 is 0 Å². The molecule has 3 N–H and O–H groups in total. The van der Waals surface area contributed by atoms with E-state index < -0.39 is 0 Å². The lowest BCUT2D eigenvalue weighted by Gasteiger charge is -2.16. The zero-order valence-electron chi connectivity index (χ0n) is 9.75. The molecule has 1 heterocycles. The molecule has 84 valence electrons. The largest absolute Gasteiger partial charge is 0.271 e. The van der Waals surface area contributed by atoms with Crippen molar-refractivity contribution in [2.45, 2.75) is 39.8 Å². The number of hydrogen-bond acceptors (Lipinski definition) is 3. The third-order valence-corrected chi connectivity index (χ3v) is 2.34. The summed E-state index contributed by atoms with van der Waals surface area (Å²) in [6.07, 6.45) is 0.835. The summed E-state index contributed by atoms with van der Waals surface area (Å²) in [6.45, 7) is 10.8. The molecule has 0 aliphatic heterocycles. The molecule has 1 rings (SSSR count). The van der Waals surface area contributed by atoms with Crippen LogP contribution in [0.15, 0.2) is 18.2 Å². The maximum atomic E-state index is 5.55. The van der Waals surface area contributed by atoms with Crippen molar-refractivity contribution < 1.29 is 0 Å². The number of hydrazine groups is 1. The predicted octanol–water partition coefficient (Wildman–Crippen LogP) is 1.68. The van der Waals surface area contributed by atoms with Crippen molar-refractivity contribution in [2.75, 3.05) is 0 Å². The monoisotopic (exact) mass is 208 g/mol. The molecule has 0 radical (unpaired) electrons. The van der Waals surface area contributed by atoms with Gasteiger partial charge >= 0.3 is 0 Å². The van der Waals surface area contributed by atoms with Crippen molar-refractivity contribution in [1.29, 1.82) is 0 Å². The van der Waals surface area contributed by atoms with Gasteiger partial charge in [-0.25, -0.2) is 0 Å². The second-order valence-electron chi connectivity index (χ2n) is 3.91. The summed E-state index contributed by atoms with van der Waals surface area (Å²) in [5.41, 5.74) is 6.07. The first-order valence-electron chi connectivity index (χ1n) is 5.23. The van der Waals surface area contributed by atoms with Crippen molar-refractivity contribution in [1.82, 2.24) is 15.2 Å². The predicted molar refractivity (Wildman–Crippen MR) is 62.1 cm³/mol. The summed E-state index contributed by atoms with van der Waals surface area (Å²) < 4.78 is 1.98. The van der Waals surface area contributed by atoms with E-state index in [4.69, 9.17) is 5.84 Å². The minimum absolute atomic E-state index is 0.101. The highest BCUT2D eigenvalue weighted by Gasteiger charge is 2.15. The Morgan fingerprint density at radius 3 is 2.87 bits per heavy atom. The van der Waals surface area contributed by atoms with E-state index in [1.807, 2.05) is 18.5 Å². The zero-order chi connectivity index (χ0) is 11.4. The van der Waals surface area contributed by atoms with Gasteiger partial charge in [0.05, 0.1) is 17.4 Å². The average molecular weight is 208 g/mol. The minimum atomic E-state index is 0.101. The van der Waals surface area contributed by atoms with Crippen molar-refractivity contribution in [2.24, 2.45) is 5.84 Å². The topological polar surface area (TPSA) is 55.9 Å². The molecular formula is C11H20N4. The number of hydrogen-bond donors (Lipinski definition) is 2. The maximum absolute atomic E-state index is 5.55. The van der Waals surface area contributed by atoms with Crippen LogP contribution in [0, 0.1) is 6.92 Å². The second kappa shape index (κ2) is 5.09. The Balaban J connectivity index is 2.94. The van der Waals surface area contributed by atoms with Crippen molar-refractivity contribution >= 4 is 0 Å². The number of nitrogens with zero attached hydrogens (tertiary/aromatic N) is 2. The van der Waals surface area contributed by atoms with E-state index in [1.54, 1.807) is 0 Å². The van der Waals surface area contributed by atoms with Crippen LogP contribution < -0.4 is 11.3 Å². The van der Waals surface area contributed by atoms with Gasteiger partial charge in [-0.2, -0.15) is 5.10 Å². The fourth-order valence-electron chi connectivity index (χ4n) is 1.70. The van der Waals surface area contributed by atoms with E-state index in [9.17, 15) is 0 Å². The fourth-order valence-corrected chi connectivity index (χ4v) is 1.70. The van der Waals surface area contributed by atoms with Crippen molar-refractivity contribution in [3.05, 3.63) is 29.6 Å². The fraction of sp³-hybridized carbons (Fsp3) is 0.545. The van der Waals surface area contributed by atoms with Crippen LogP contribution in [0.5, 0.6) is 0 Å². The van der Waals surface area contributed by atoms with E-state index in [2.05, 4.69) is 30.1 Å². The van der Waals surface area contributed by atoms with E-state index in [1.165, 1.54) is 0 Å². The van der Waals surface area contributed by atoms with Gasteiger partial charge in [-0.15, -0.1) is 6.58 Å². The summed E-state index contributed by atoms with van der Waals surface area (Å²) in [7, 11) is 0. The Labute approximate surface area is 91.1 Å². The van der Waals surface area contributed by atoms with Gasteiger partial charge in [0.25, 0.3) is 0 Å². The first-order valence-corrected chi connectivity index (χ1v) is 5.23. The van der Waals surface area contributed by atoms with Crippen LogP contribution in [0.1, 0.15) is 37.7 Å². The van der Waals surface area contributed by atoms with Crippen LogP contribution in [0.25, 0.3) is 0 Å². The molecule has 1 atom stereocenters. The Hall–Kier alpha value is -1.13. The first kappa shape index (κ1) is 11.9. The number of rotatable bonds is 5. The molecule has 0 saturated heterocycles. The highest BCUT2D eigenvalue weighted by Crippen LogP contribution is 2.20. The summed E-state index contributed by atoms with van der Waals surface area (Å²) >= 11 is 0. The Bertz CT molecular complexity index is 340. The molecule has 0 fully saturated rings. The first-order chi connectivity index (χ1) is 7.08. The SMILES string of the molecule is C=C(C)CC(NN)c1cc(C)nn1CC. The molecule has 4 heteroatoms. The van der Waals surface area contributed by atoms with E-state index in [-0.39, 0.29) is 6.04 Å². The van der Waals surface area contributed by atoms with Gasteiger partial charge in [0.15, 0.2) is 0 Å². The number of aromatic nitrogens is 2. The van der Waals surface area contributed by atoms with Crippen LogP contribution in [-0.2, 0) is 6.54 Å². The molecule has 4 nitrogen and oxygen atoms in total. The molecule has 0 bridgehead atoms. The molecule has 15 heavy (non-hydrogen) atoms. The molecule has 0 spiro atoms. The van der Waals surface area contributed by atoms with Crippen LogP contribution in [0.4, 0.5) is 0 Å². The van der Waals surface area contributed by atoms with Crippen molar-refractivity contribution in [3.8, 4) is 0 Å². The molecule has 1 aromatic heterocycles. The number of aryl methyl sites for hydroxylation is 2. The van der Waals surface area contributed by atoms with Gasteiger partial charge in [-0.3, -0.25) is 16.0 Å². The Morgan fingerprint density at radius 2 is 2.40 bits per heavy atom. The Morgan fingerprint density at radius 1 is 1.73 bits per heavy atom. The van der Waals surface area contributed by atoms with E-state index >= 15 is 0 Å². The van der Waals surface area contributed by atoms with Gasteiger partial charge in [-0.1, -0.05) is 5.57 Å². The molecule has 0 aliphatic rings. The second-order valence-corrected chi connectivity index (χ2v) is 3.91. The molecular weight excluding hydrogens is 188 g/mol. The minimum Gasteiger partial charge on any atom is -0.271 e. The summed E-state index contributed by atoms with van der Waals surface area (Å²) in [5, 5.41) is 4.40. The molecule has 0 saturated carbocycles. The summed E-state index contributed by atoms with van der Waals surface area (Å²) in [4.78, 5) is 0. The third-order valence-electron chi connectivity index (χ3n) is 2.34. The lowest BCUT2D eigenvalue weighted by molar-refractivity contribution is 0.489. The number of nitrogens with one attached hydrogen (secondary N) is 1. The van der Waals surface area contributed by atoms with Gasteiger partial charge in [0.2, 0.25) is 0 Å². The smallest absolute Gasteiger partial charge is 0.0665 e. The molecule has 0 aliphatic carbocycles. The van der Waals surface area contributed by atoms with Crippen LogP contribution in [-0.4, -0.2) is 9.78 Å². The van der Waals surface area contributed by atoms with Crippen molar-refractivity contribution in [3.63, 3.8) is 0 Å². The molecule has 0 aromatic carbocycles. The third kappa shape index (κ3) is 2.91. The van der Waals surface area contributed by atoms with Crippen LogP contribution in [0.2, 0.25) is 0 Å². The van der Waals surface area contributed by atoms with Crippen LogP contribution in [0.3, 0.4) is 0 Å². The lowest BCUT2D eigenvalue weighted by Crippen LogP contribution is -2.30. The summed E-state index contributed by atoms with van der Waals surface area (Å²) in [5.74, 6) is 5.55. The normalized spacial score (nSPS) is 12.8. The lowest BCUT2D eigenvalue weighted by atomic mass is 10.1. The van der Waals surface area contributed by atoms with Gasteiger partial charge < -0.3 is 0 Å².